The molecule has 0 aromatic heterocycles. The minimum Gasteiger partial charge on any atom is -0.508 e. The van der Waals surface area contributed by atoms with Gasteiger partial charge in [0.2, 0.25) is 0 Å². The van der Waals surface area contributed by atoms with Gasteiger partial charge in [-0.3, -0.25) is 4.79 Å². The fourth-order valence-electron chi connectivity index (χ4n) is 2.59. The zero-order valence-corrected chi connectivity index (χ0v) is 14.5. The molecule has 1 aliphatic heterocycles. The highest BCUT2D eigenvalue weighted by Gasteiger charge is 2.17. The summed E-state index contributed by atoms with van der Waals surface area (Å²) >= 11 is 0. The number of carbonyl (C=O) groups is 1. The molecule has 2 aromatic rings. The first-order valence-electron chi connectivity index (χ1n) is 8.40. The van der Waals surface area contributed by atoms with Crippen molar-refractivity contribution >= 4 is 5.78 Å². The lowest BCUT2D eigenvalue weighted by atomic mass is 10.1. The summed E-state index contributed by atoms with van der Waals surface area (Å²) in [5.74, 6) is 1.24. The number of benzene rings is 2. The third-order valence-electron chi connectivity index (χ3n) is 3.93. The van der Waals surface area contributed by atoms with Gasteiger partial charge in [-0.2, -0.15) is 0 Å². The van der Waals surface area contributed by atoms with E-state index in [0.29, 0.717) is 24.5 Å². The summed E-state index contributed by atoms with van der Waals surface area (Å²) in [5, 5.41) is 9.85. The highest BCUT2D eigenvalue weighted by Crippen LogP contribution is 2.27. The molecule has 4 nitrogen and oxygen atoms in total. The normalized spacial score (nSPS) is 15.7. The van der Waals surface area contributed by atoms with Crippen LogP contribution < -0.4 is 4.74 Å². The zero-order valence-electron chi connectivity index (χ0n) is 14.5. The molecular formula is C22H20O4. The highest BCUT2D eigenvalue weighted by atomic mass is 16.5. The van der Waals surface area contributed by atoms with Crippen LogP contribution in [0.2, 0.25) is 0 Å². The van der Waals surface area contributed by atoms with E-state index >= 15 is 0 Å². The Kier molecular flexibility index (Phi) is 5.57. The number of phenols is 1. The van der Waals surface area contributed by atoms with E-state index in [1.807, 2.05) is 30.3 Å². The third kappa shape index (κ3) is 4.65. The molecule has 4 heteroatoms. The van der Waals surface area contributed by atoms with Crippen molar-refractivity contribution in [2.24, 2.45) is 0 Å². The lowest BCUT2D eigenvalue weighted by molar-refractivity contribution is -0.123. The molecule has 0 spiro atoms. The Labute approximate surface area is 152 Å². The molecule has 0 radical (unpaired) electrons. The largest absolute Gasteiger partial charge is 0.508 e. The van der Waals surface area contributed by atoms with E-state index in [1.54, 1.807) is 36.4 Å². The van der Waals surface area contributed by atoms with E-state index in [2.05, 4.69) is 5.73 Å². The molecule has 1 N–H and O–H groups in total. The Balaban J connectivity index is 1.78. The van der Waals surface area contributed by atoms with Gasteiger partial charge in [-0.05, 0) is 42.8 Å². The molecule has 0 aliphatic carbocycles. The van der Waals surface area contributed by atoms with Crippen LogP contribution in [-0.4, -0.2) is 17.0 Å². The number of allylic oxidation sites excluding steroid dienone is 2. The van der Waals surface area contributed by atoms with Gasteiger partial charge >= 0.3 is 0 Å². The van der Waals surface area contributed by atoms with E-state index in [-0.39, 0.29) is 11.5 Å². The van der Waals surface area contributed by atoms with Crippen LogP contribution in [0.25, 0.3) is 0 Å². The van der Waals surface area contributed by atoms with Gasteiger partial charge in [-0.15, -0.1) is 0 Å². The summed E-state index contributed by atoms with van der Waals surface area (Å²) in [6, 6.07) is 14.8. The van der Waals surface area contributed by atoms with Crippen molar-refractivity contribution in [3.8, 4) is 11.5 Å². The number of rotatable bonds is 6. The summed E-state index contributed by atoms with van der Waals surface area (Å²) < 4.78 is 11.7. The van der Waals surface area contributed by atoms with Crippen molar-refractivity contribution in [3.05, 3.63) is 89.4 Å². The molecule has 26 heavy (non-hydrogen) atoms. The molecular weight excluding hydrogens is 328 g/mol. The molecule has 2 aromatic carbocycles. The lowest BCUT2D eigenvalue weighted by Gasteiger charge is -2.16. The minimum atomic E-state index is -0.623. The first kappa shape index (κ1) is 17.6. The van der Waals surface area contributed by atoms with E-state index < -0.39 is 6.10 Å². The number of phenolic OH excluding ortho intramolecular Hbond substituents is 1. The van der Waals surface area contributed by atoms with E-state index in [1.165, 1.54) is 6.92 Å². The van der Waals surface area contributed by atoms with Gasteiger partial charge in [0.1, 0.15) is 23.9 Å². The Bertz CT molecular complexity index is 874. The predicted octanol–water partition coefficient (Wildman–Crippen LogP) is 4.10. The maximum absolute atomic E-state index is 11.6. The highest BCUT2D eigenvalue weighted by molar-refractivity contribution is 5.82. The zero-order chi connectivity index (χ0) is 18.4. The second-order valence-corrected chi connectivity index (χ2v) is 6.01. The van der Waals surface area contributed by atoms with Gasteiger partial charge in [0.25, 0.3) is 0 Å². The Hall–Kier alpha value is -3.23. The van der Waals surface area contributed by atoms with Crippen molar-refractivity contribution in [2.75, 3.05) is 0 Å². The molecule has 1 unspecified atom stereocenters. The number of Topliss-reactive ketones (excluding diaryl/α,β-unsaturated/α-hetero) is 1. The summed E-state index contributed by atoms with van der Waals surface area (Å²) in [4.78, 5) is 11.6. The minimum absolute atomic E-state index is 0.0766. The second kappa shape index (κ2) is 8.24. The molecule has 1 atom stereocenters. The number of ether oxygens (including phenoxy) is 2. The molecule has 1 aliphatic rings. The first-order valence-corrected chi connectivity index (χ1v) is 8.40. The van der Waals surface area contributed by atoms with Crippen LogP contribution in [0.3, 0.4) is 0 Å². The number of ketones is 1. The Morgan fingerprint density at radius 1 is 1.23 bits per heavy atom. The molecule has 0 amide bonds. The summed E-state index contributed by atoms with van der Waals surface area (Å²) in [7, 11) is 0. The fraction of sp³-hybridized carbons (Fsp3) is 0.182. The van der Waals surface area contributed by atoms with Crippen LogP contribution >= 0.6 is 0 Å². The molecule has 0 fully saturated rings. The first-order chi connectivity index (χ1) is 12.6. The topological polar surface area (TPSA) is 55.8 Å². The molecule has 132 valence electrons. The SMILES string of the molecule is CC(=O)C1C=CC=C=C(Cc2cc(O)ccc2OCc2ccccc2)O1. The quantitative estimate of drug-likeness (QED) is 0.799. The monoisotopic (exact) mass is 348 g/mol. The van der Waals surface area contributed by atoms with Crippen LogP contribution in [0, 0.1) is 0 Å². The van der Waals surface area contributed by atoms with Crippen molar-refractivity contribution in [1.82, 2.24) is 0 Å². The summed E-state index contributed by atoms with van der Waals surface area (Å²) in [5.41, 5.74) is 4.85. The van der Waals surface area contributed by atoms with Gasteiger partial charge in [0, 0.05) is 12.0 Å². The molecule has 3 rings (SSSR count). The van der Waals surface area contributed by atoms with Gasteiger partial charge in [0.15, 0.2) is 11.9 Å². The van der Waals surface area contributed by atoms with Crippen molar-refractivity contribution in [2.45, 2.75) is 26.1 Å². The molecule has 0 saturated carbocycles. The standard InChI is InChI=1S/C22H20O4/c1-16(23)21-10-6-5-9-20(26-21)14-18-13-19(24)11-12-22(18)25-15-17-7-3-2-4-8-17/h2-8,10-13,21,24H,14-15H2,1H3. The smallest absolute Gasteiger partial charge is 0.175 e. The molecule has 0 bridgehead atoms. The number of hydrogen-bond acceptors (Lipinski definition) is 4. The third-order valence-corrected chi connectivity index (χ3v) is 3.93. The Morgan fingerprint density at radius 3 is 2.81 bits per heavy atom. The average Bonchev–Trinajstić information content (AvgIpc) is 2.88. The summed E-state index contributed by atoms with van der Waals surface area (Å²) in [6.45, 7) is 1.91. The predicted molar refractivity (Wildman–Crippen MR) is 98.9 cm³/mol. The van der Waals surface area contributed by atoms with Gasteiger partial charge in [-0.1, -0.05) is 42.1 Å². The van der Waals surface area contributed by atoms with Crippen LogP contribution in [-0.2, 0) is 22.6 Å². The lowest BCUT2D eigenvalue weighted by Crippen LogP contribution is -2.19. The number of aromatic hydroxyl groups is 1. The van der Waals surface area contributed by atoms with Crippen LogP contribution in [0.1, 0.15) is 18.1 Å². The van der Waals surface area contributed by atoms with Crippen LogP contribution in [0.15, 0.2) is 78.2 Å². The van der Waals surface area contributed by atoms with Crippen molar-refractivity contribution in [3.63, 3.8) is 0 Å². The second-order valence-electron chi connectivity index (χ2n) is 6.01. The van der Waals surface area contributed by atoms with E-state index in [0.717, 1.165) is 11.1 Å². The number of carbonyl (C=O) groups excluding carboxylic acids is 1. The fourth-order valence-corrected chi connectivity index (χ4v) is 2.59. The van der Waals surface area contributed by atoms with Crippen LogP contribution in [0.5, 0.6) is 11.5 Å². The summed E-state index contributed by atoms with van der Waals surface area (Å²) in [6.07, 6.45) is 4.89. The van der Waals surface area contributed by atoms with Gasteiger partial charge < -0.3 is 14.6 Å². The van der Waals surface area contributed by atoms with Gasteiger partial charge in [0.05, 0.1) is 0 Å². The van der Waals surface area contributed by atoms with E-state index in [9.17, 15) is 9.90 Å². The van der Waals surface area contributed by atoms with E-state index in [4.69, 9.17) is 9.47 Å². The molecule has 0 saturated heterocycles. The maximum atomic E-state index is 11.6. The van der Waals surface area contributed by atoms with Crippen LogP contribution in [0.4, 0.5) is 0 Å². The van der Waals surface area contributed by atoms with Crippen molar-refractivity contribution < 1.29 is 19.4 Å². The average molecular weight is 348 g/mol. The van der Waals surface area contributed by atoms with Gasteiger partial charge in [-0.25, -0.2) is 0 Å². The molecule has 1 heterocycles. The number of hydrogen-bond donors (Lipinski definition) is 1. The van der Waals surface area contributed by atoms with Crippen molar-refractivity contribution in [1.29, 1.82) is 0 Å². The Morgan fingerprint density at radius 2 is 2.04 bits per heavy atom. The maximum Gasteiger partial charge on any atom is 0.175 e.